The molecule has 8 heteroatoms. The van der Waals surface area contributed by atoms with Crippen LogP contribution in [0.15, 0.2) is 36.5 Å². The molecule has 3 rings (SSSR count). The minimum Gasteiger partial charge on any atom is -0.493 e. The molecule has 146 valence electrons. The summed E-state index contributed by atoms with van der Waals surface area (Å²) in [5.41, 5.74) is 2.17. The molecule has 0 unspecified atom stereocenters. The van der Waals surface area contributed by atoms with Gasteiger partial charge in [0.1, 0.15) is 12.6 Å². The van der Waals surface area contributed by atoms with E-state index in [-0.39, 0.29) is 29.8 Å². The number of ether oxygens (including phenoxy) is 3. The molecule has 0 fully saturated rings. The Bertz CT molecular complexity index is 886. The van der Waals surface area contributed by atoms with Crippen LogP contribution in [0.5, 0.6) is 11.5 Å². The van der Waals surface area contributed by atoms with Crippen molar-refractivity contribution in [3.8, 4) is 11.5 Å². The Labute approximate surface area is 161 Å². The van der Waals surface area contributed by atoms with Gasteiger partial charge in [-0.3, -0.25) is 14.4 Å². The van der Waals surface area contributed by atoms with Gasteiger partial charge in [0, 0.05) is 32.0 Å². The molecule has 0 radical (unpaired) electrons. The van der Waals surface area contributed by atoms with Gasteiger partial charge >= 0.3 is 11.9 Å². The van der Waals surface area contributed by atoms with Crippen LogP contribution in [0.3, 0.4) is 0 Å². The molecule has 0 saturated heterocycles. The number of carbonyl (C=O) groups is 3. The third-order valence-corrected chi connectivity index (χ3v) is 4.25. The maximum atomic E-state index is 12.4. The van der Waals surface area contributed by atoms with Gasteiger partial charge in [0.05, 0.1) is 7.11 Å². The van der Waals surface area contributed by atoms with E-state index in [0.717, 1.165) is 11.1 Å². The summed E-state index contributed by atoms with van der Waals surface area (Å²) in [6.45, 7) is 0.870. The van der Waals surface area contributed by atoms with Gasteiger partial charge in [-0.05, 0) is 11.1 Å². The van der Waals surface area contributed by atoms with Crippen molar-refractivity contribution in [2.45, 2.75) is 25.9 Å². The van der Waals surface area contributed by atoms with Crippen molar-refractivity contribution in [1.29, 1.82) is 0 Å². The summed E-state index contributed by atoms with van der Waals surface area (Å²) in [6, 6.07) is 9.38. The molecule has 1 aliphatic rings. The van der Waals surface area contributed by atoms with Crippen LogP contribution in [-0.4, -0.2) is 42.6 Å². The number of methoxy groups -OCH3 is 1. The average molecular weight is 384 g/mol. The highest BCUT2D eigenvalue weighted by Crippen LogP contribution is 2.29. The monoisotopic (exact) mass is 384 g/mol. The van der Waals surface area contributed by atoms with E-state index in [1.807, 2.05) is 24.3 Å². The van der Waals surface area contributed by atoms with E-state index in [1.54, 1.807) is 0 Å². The Morgan fingerprint density at radius 1 is 1.14 bits per heavy atom. The highest BCUT2D eigenvalue weighted by molar-refractivity contribution is 5.98. The van der Waals surface area contributed by atoms with Crippen LogP contribution in [0, 0.1) is 0 Å². The number of fused-ring (bicyclic) bond motifs is 1. The molecule has 1 N–H and O–H groups in total. The van der Waals surface area contributed by atoms with E-state index in [0.29, 0.717) is 12.8 Å². The van der Waals surface area contributed by atoms with Crippen LogP contribution in [-0.2, 0) is 27.2 Å². The van der Waals surface area contributed by atoms with E-state index in [1.165, 1.54) is 26.3 Å². The molecule has 0 saturated carbocycles. The first-order valence-corrected chi connectivity index (χ1v) is 8.73. The third-order valence-electron chi connectivity index (χ3n) is 4.25. The number of amides is 1. The summed E-state index contributed by atoms with van der Waals surface area (Å²) in [7, 11) is 1.38. The standard InChI is InChI=1S/C20H20N2O6/c1-12(23)27-19-16(26-2)7-8-21-18(19)20(25)22-11-17(24)28-15-9-13-5-3-4-6-14(13)10-15/h3-8,15H,9-11H2,1-2H3,(H,22,25). The molecule has 0 bridgehead atoms. The van der Waals surface area contributed by atoms with Gasteiger partial charge in [0.25, 0.3) is 5.91 Å². The first-order chi connectivity index (χ1) is 13.5. The Kier molecular flexibility index (Phi) is 5.88. The second-order valence-corrected chi connectivity index (χ2v) is 6.26. The van der Waals surface area contributed by atoms with Gasteiger partial charge in [-0.25, -0.2) is 4.98 Å². The maximum absolute atomic E-state index is 12.4. The number of hydrogen-bond donors (Lipinski definition) is 1. The molecule has 1 aliphatic carbocycles. The smallest absolute Gasteiger partial charge is 0.325 e. The zero-order valence-corrected chi connectivity index (χ0v) is 15.6. The fourth-order valence-corrected chi connectivity index (χ4v) is 3.06. The molecule has 0 atom stereocenters. The van der Waals surface area contributed by atoms with Crippen LogP contribution in [0.1, 0.15) is 28.5 Å². The predicted molar refractivity (Wildman–Crippen MR) is 98.2 cm³/mol. The van der Waals surface area contributed by atoms with Gasteiger partial charge in [0.2, 0.25) is 5.75 Å². The van der Waals surface area contributed by atoms with Crippen molar-refractivity contribution < 1.29 is 28.6 Å². The summed E-state index contributed by atoms with van der Waals surface area (Å²) < 4.78 is 15.6. The zero-order chi connectivity index (χ0) is 20.1. The van der Waals surface area contributed by atoms with E-state index >= 15 is 0 Å². The Balaban J connectivity index is 1.58. The summed E-state index contributed by atoms with van der Waals surface area (Å²) in [4.78, 5) is 39.7. The summed E-state index contributed by atoms with van der Waals surface area (Å²) in [5.74, 6) is -1.78. The van der Waals surface area contributed by atoms with Gasteiger partial charge in [0.15, 0.2) is 11.4 Å². The molecular weight excluding hydrogens is 364 g/mol. The first-order valence-electron chi connectivity index (χ1n) is 8.73. The predicted octanol–water partition coefficient (Wildman–Crippen LogP) is 1.46. The molecule has 0 spiro atoms. The second-order valence-electron chi connectivity index (χ2n) is 6.26. The van der Waals surface area contributed by atoms with E-state index in [4.69, 9.17) is 14.2 Å². The minimum atomic E-state index is -0.679. The number of nitrogens with one attached hydrogen (secondary N) is 1. The SMILES string of the molecule is COc1ccnc(C(=O)NCC(=O)OC2Cc3ccccc3C2)c1OC(C)=O. The van der Waals surface area contributed by atoms with Crippen LogP contribution < -0.4 is 14.8 Å². The maximum Gasteiger partial charge on any atom is 0.325 e. The summed E-state index contributed by atoms with van der Waals surface area (Å²) in [5, 5.41) is 2.44. The largest absolute Gasteiger partial charge is 0.493 e. The van der Waals surface area contributed by atoms with Crippen LogP contribution in [0.2, 0.25) is 0 Å². The quantitative estimate of drug-likeness (QED) is 0.752. The van der Waals surface area contributed by atoms with Gasteiger partial charge in [-0.15, -0.1) is 0 Å². The van der Waals surface area contributed by atoms with E-state index < -0.39 is 17.8 Å². The van der Waals surface area contributed by atoms with Crippen molar-refractivity contribution in [2.75, 3.05) is 13.7 Å². The molecule has 1 aromatic carbocycles. The number of rotatable bonds is 6. The van der Waals surface area contributed by atoms with Crippen LogP contribution in [0.4, 0.5) is 0 Å². The number of benzene rings is 1. The molecule has 28 heavy (non-hydrogen) atoms. The number of carbonyl (C=O) groups excluding carboxylic acids is 3. The molecule has 0 aliphatic heterocycles. The first kappa shape index (κ1) is 19.3. The molecule has 2 aromatic rings. The normalized spacial score (nSPS) is 12.8. The molecular formula is C20H20N2O6. The summed E-state index contributed by atoms with van der Waals surface area (Å²) in [6.07, 6.45) is 2.41. The van der Waals surface area contributed by atoms with Crippen molar-refractivity contribution in [2.24, 2.45) is 0 Å². The lowest BCUT2D eigenvalue weighted by molar-refractivity contribution is -0.147. The van der Waals surface area contributed by atoms with Crippen molar-refractivity contribution in [3.63, 3.8) is 0 Å². The van der Waals surface area contributed by atoms with Gasteiger partial charge < -0.3 is 19.5 Å². The Hall–Kier alpha value is -3.42. The lowest BCUT2D eigenvalue weighted by Crippen LogP contribution is -2.33. The number of aromatic nitrogens is 1. The fourth-order valence-electron chi connectivity index (χ4n) is 3.06. The van der Waals surface area contributed by atoms with E-state index in [2.05, 4.69) is 10.3 Å². The van der Waals surface area contributed by atoms with Gasteiger partial charge in [-0.1, -0.05) is 24.3 Å². The molecule has 1 aromatic heterocycles. The molecule has 1 heterocycles. The molecule has 1 amide bonds. The lowest BCUT2D eigenvalue weighted by Gasteiger charge is -2.13. The number of esters is 2. The second kappa shape index (κ2) is 8.51. The van der Waals surface area contributed by atoms with Crippen LogP contribution in [0.25, 0.3) is 0 Å². The number of nitrogens with zero attached hydrogens (tertiary/aromatic N) is 1. The topological polar surface area (TPSA) is 104 Å². The highest BCUT2D eigenvalue weighted by atomic mass is 16.6. The highest BCUT2D eigenvalue weighted by Gasteiger charge is 2.25. The average Bonchev–Trinajstić information content (AvgIpc) is 3.08. The third kappa shape index (κ3) is 4.46. The minimum absolute atomic E-state index is 0.102. The molecule has 8 nitrogen and oxygen atoms in total. The summed E-state index contributed by atoms with van der Waals surface area (Å²) >= 11 is 0. The van der Waals surface area contributed by atoms with Crippen molar-refractivity contribution in [3.05, 3.63) is 53.3 Å². The van der Waals surface area contributed by atoms with Gasteiger partial charge in [-0.2, -0.15) is 0 Å². The fraction of sp³-hybridized carbons (Fsp3) is 0.300. The number of pyridine rings is 1. The Morgan fingerprint density at radius 2 is 1.82 bits per heavy atom. The zero-order valence-electron chi connectivity index (χ0n) is 15.6. The lowest BCUT2D eigenvalue weighted by atomic mass is 10.1. The number of hydrogen-bond acceptors (Lipinski definition) is 7. The Morgan fingerprint density at radius 3 is 2.43 bits per heavy atom. The van der Waals surface area contributed by atoms with Crippen molar-refractivity contribution >= 4 is 17.8 Å². The van der Waals surface area contributed by atoms with Crippen LogP contribution >= 0.6 is 0 Å². The van der Waals surface area contributed by atoms with Crippen molar-refractivity contribution in [1.82, 2.24) is 10.3 Å². The van der Waals surface area contributed by atoms with E-state index in [9.17, 15) is 14.4 Å².